The lowest BCUT2D eigenvalue weighted by Crippen LogP contribution is -2.44. The molecule has 25 heavy (non-hydrogen) atoms. The fourth-order valence-corrected chi connectivity index (χ4v) is 3.95. The zero-order chi connectivity index (χ0) is 17.5. The highest BCUT2D eigenvalue weighted by molar-refractivity contribution is 5.78. The number of nitrogens with one attached hydrogen (secondary N) is 1. The van der Waals surface area contributed by atoms with Gasteiger partial charge in [-0.3, -0.25) is 4.79 Å². The standard InChI is InChI=1S/C19H29N5O/c1-2-9-20-12-8-17-6-7-18(25)24(17)15-16-5-3-13-23(14-16)19-21-10-4-11-22-19/h2,4,10-11,16-17,20H,1,3,5-9,12-15H2. The Morgan fingerprint density at radius 2 is 2.16 bits per heavy atom. The van der Waals surface area contributed by atoms with Gasteiger partial charge in [0.15, 0.2) is 0 Å². The molecule has 1 amide bonds. The second kappa shape index (κ2) is 8.94. The van der Waals surface area contributed by atoms with E-state index < -0.39 is 0 Å². The van der Waals surface area contributed by atoms with Gasteiger partial charge in [-0.15, -0.1) is 6.58 Å². The van der Waals surface area contributed by atoms with Gasteiger partial charge < -0.3 is 15.1 Å². The highest BCUT2D eigenvalue weighted by atomic mass is 16.2. The molecule has 0 radical (unpaired) electrons. The quantitative estimate of drug-likeness (QED) is 0.577. The van der Waals surface area contributed by atoms with Gasteiger partial charge in [0, 0.05) is 51.0 Å². The molecule has 0 aromatic carbocycles. The first-order valence-electron chi connectivity index (χ1n) is 9.41. The van der Waals surface area contributed by atoms with Crippen molar-refractivity contribution in [3.05, 3.63) is 31.1 Å². The fourth-order valence-electron chi connectivity index (χ4n) is 3.95. The van der Waals surface area contributed by atoms with Crippen LogP contribution in [-0.2, 0) is 4.79 Å². The van der Waals surface area contributed by atoms with E-state index >= 15 is 0 Å². The largest absolute Gasteiger partial charge is 0.340 e. The summed E-state index contributed by atoms with van der Waals surface area (Å²) in [5.41, 5.74) is 0. The minimum Gasteiger partial charge on any atom is -0.340 e. The van der Waals surface area contributed by atoms with Crippen molar-refractivity contribution in [1.29, 1.82) is 0 Å². The molecule has 1 N–H and O–H groups in total. The molecule has 0 saturated carbocycles. The topological polar surface area (TPSA) is 61.4 Å². The van der Waals surface area contributed by atoms with Crippen LogP contribution in [0.1, 0.15) is 32.1 Å². The summed E-state index contributed by atoms with van der Waals surface area (Å²) in [7, 11) is 0. The molecule has 6 heteroatoms. The van der Waals surface area contributed by atoms with Gasteiger partial charge in [-0.25, -0.2) is 9.97 Å². The summed E-state index contributed by atoms with van der Waals surface area (Å²) in [5, 5.41) is 3.35. The third-order valence-corrected chi connectivity index (χ3v) is 5.20. The van der Waals surface area contributed by atoms with E-state index in [0.29, 0.717) is 24.3 Å². The van der Waals surface area contributed by atoms with Gasteiger partial charge >= 0.3 is 0 Å². The molecule has 2 aliphatic rings. The Morgan fingerprint density at radius 1 is 1.32 bits per heavy atom. The molecular weight excluding hydrogens is 314 g/mol. The van der Waals surface area contributed by atoms with Crippen molar-refractivity contribution in [2.75, 3.05) is 37.6 Å². The first kappa shape index (κ1) is 17.9. The van der Waals surface area contributed by atoms with Crippen LogP contribution >= 0.6 is 0 Å². The molecule has 2 aliphatic heterocycles. The molecule has 2 fully saturated rings. The van der Waals surface area contributed by atoms with Gasteiger partial charge in [0.2, 0.25) is 11.9 Å². The summed E-state index contributed by atoms with van der Waals surface area (Å²) < 4.78 is 0. The maximum absolute atomic E-state index is 12.3. The Balaban J connectivity index is 1.54. The Kier molecular flexibility index (Phi) is 6.39. The van der Waals surface area contributed by atoms with Crippen molar-refractivity contribution in [1.82, 2.24) is 20.2 Å². The Morgan fingerprint density at radius 3 is 2.96 bits per heavy atom. The number of nitrogens with zero attached hydrogens (tertiary/aromatic N) is 4. The zero-order valence-electron chi connectivity index (χ0n) is 14.9. The minimum atomic E-state index is 0.321. The number of amides is 1. The lowest BCUT2D eigenvalue weighted by Gasteiger charge is -2.36. The van der Waals surface area contributed by atoms with Gasteiger partial charge in [0.25, 0.3) is 0 Å². The van der Waals surface area contributed by atoms with Crippen LogP contribution in [0, 0.1) is 5.92 Å². The van der Waals surface area contributed by atoms with E-state index in [2.05, 4.69) is 31.7 Å². The van der Waals surface area contributed by atoms with Crippen LogP contribution in [-0.4, -0.2) is 59.5 Å². The number of carbonyl (C=O) groups is 1. The predicted molar refractivity (Wildman–Crippen MR) is 99.4 cm³/mol. The van der Waals surface area contributed by atoms with E-state index in [-0.39, 0.29) is 0 Å². The average Bonchev–Trinajstić information content (AvgIpc) is 3.00. The van der Waals surface area contributed by atoms with E-state index in [1.165, 1.54) is 6.42 Å². The molecule has 2 atom stereocenters. The summed E-state index contributed by atoms with van der Waals surface area (Å²) in [5.74, 6) is 1.63. The molecule has 6 nitrogen and oxygen atoms in total. The van der Waals surface area contributed by atoms with E-state index in [0.717, 1.165) is 57.9 Å². The number of aromatic nitrogens is 2. The normalized spacial score (nSPS) is 23.9. The van der Waals surface area contributed by atoms with Crippen molar-refractivity contribution >= 4 is 11.9 Å². The Hall–Kier alpha value is -1.95. The maximum atomic E-state index is 12.3. The number of hydrogen-bond acceptors (Lipinski definition) is 5. The van der Waals surface area contributed by atoms with Crippen molar-refractivity contribution < 1.29 is 4.79 Å². The van der Waals surface area contributed by atoms with Crippen molar-refractivity contribution in [3.63, 3.8) is 0 Å². The van der Waals surface area contributed by atoms with Crippen molar-refractivity contribution in [3.8, 4) is 0 Å². The average molecular weight is 343 g/mol. The highest BCUT2D eigenvalue weighted by Crippen LogP contribution is 2.26. The van der Waals surface area contributed by atoms with Gasteiger partial charge in [-0.2, -0.15) is 0 Å². The van der Waals surface area contributed by atoms with Crippen LogP contribution in [0.5, 0.6) is 0 Å². The molecule has 0 bridgehead atoms. The monoisotopic (exact) mass is 343 g/mol. The van der Waals surface area contributed by atoms with Crippen LogP contribution in [0.25, 0.3) is 0 Å². The summed E-state index contributed by atoms with van der Waals surface area (Å²) in [6.45, 7) is 8.31. The molecule has 1 aromatic rings. The van der Waals surface area contributed by atoms with Gasteiger partial charge in [0.05, 0.1) is 0 Å². The van der Waals surface area contributed by atoms with E-state index in [1.54, 1.807) is 12.4 Å². The second-order valence-corrected chi connectivity index (χ2v) is 7.02. The smallest absolute Gasteiger partial charge is 0.225 e. The zero-order valence-corrected chi connectivity index (χ0v) is 14.9. The summed E-state index contributed by atoms with van der Waals surface area (Å²) in [6, 6.07) is 2.23. The number of carbonyl (C=O) groups excluding carboxylic acids is 1. The predicted octanol–water partition coefficient (Wildman–Crippen LogP) is 1.85. The minimum absolute atomic E-state index is 0.321. The summed E-state index contributed by atoms with van der Waals surface area (Å²) in [6.07, 6.45) is 10.5. The molecule has 2 unspecified atom stereocenters. The first-order chi connectivity index (χ1) is 12.3. The molecular formula is C19H29N5O. The molecule has 3 rings (SSSR count). The summed E-state index contributed by atoms with van der Waals surface area (Å²) >= 11 is 0. The number of rotatable bonds is 8. The third-order valence-electron chi connectivity index (χ3n) is 5.20. The molecule has 0 aliphatic carbocycles. The number of likely N-dealkylation sites (tertiary alicyclic amines) is 1. The fraction of sp³-hybridized carbons (Fsp3) is 0.632. The lowest BCUT2D eigenvalue weighted by atomic mass is 9.97. The van der Waals surface area contributed by atoms with E-state index in [4.69, 9.17) is 0 Å². The van der Waals surface area contributed by atoms with Gasteiger partial charge in [0.1, 0.15) is 0 Å². The van der Waals surface area contributed by atoms with E-state index in [1.807, 2.05) is 12.1 Å². The van der Waals surface area contributed by atoms with Gasteiger partial charge in [-0.05, 0) is 44.2 Å². The maximum Gasteiger partial charge on any atom is 0.225 e. The van der Waals surface area contributed by atoms with Crippen LogP contribution in [0.4, 0.5) is 5.95 Å². The molecule has 136 valence electrons. The third kappa shape index (κ3) is 4.78. The van der Waals surface area contributed by atoms with Crippen LogP contribution in [0.15, 0.2) is 31.1 Å². The molecule has 1 aromatic heterocycles. The number of hydrogen-bond donors (Lipinski definition) is 1. The first-order valence-corrected chi connectivity index (χ1v) is 9.41. The highest BCUT2D eigenvalue weighted by Gasteiger charge is 2.33. The van der Waals surface area contributed by atoms with Crippen LogP contribution in [0.2, 0.25) is 0 Å². The second-order valence-electron chi connectivity index (χ2n) is 7.02. The van der Waals surface area contributed by atoms with Crippen molar-refractivity contribution in [2.45, 2.75) is 38.1 Å². The number of anilines is 1. The SMILES string of the molecule is C=CCNCCC1CCC(=O)N1CC1CCCN(c2ncccn2)C1. The Labute approximate surface area is 150 Å². The molecule has 0 spiro atoms. The lowest BCUT2D eigenvalue weighted by molar-refractivity contribution is -0.129. The van der Waals surface area contributed by atoms with E-state index in [9.17, 15) is 4.79 Å². The Bertz CT molecular complexity index is 564. The number of piperidine rings is 1. The molecule has 3 heterocycles. The van der Waals surface area contributed by atoms with Crippen LogP contribution < -0.4 is 10.2 Å². The summed E-state index contributed by atoms with van der Waals surface area (Å²) in [4.78, 5) is 25.5. The van der Waals surface area contributed by atoms with Crippen LogP contribution in [0.3, 0.4) is 0 Å². The van der Waals surface area contributed by atoms with Crippen molar-refractivity contribution in [2.24, 2.45) is 5.92 Å². The molecule has 2 saturated heterocycles. The van der Waals surface area contributed by atoms with Gasteiger partial charge in [-0.1, -0.05) is 6.08 Å².